The van der Waals surface area contributed by atoms with Crippen molar-refractivity contribution in [2.45, 2.75) is 57.7 Å². The van der Waals surface area contributed by atoms with Crippen LogP contribution in [0.4, 0.5) is 5.69 Å². The second-order valence-corrected chi connectivity index (χ2v) is 11.8. The highest BCUT2D eigenvalue weighted by molar-refractivity contribution is 7.92. The summed E-state index contributed by atoms with van der Waals surface area (Å²) in [4.78, 5) is 28.4. The van der Waals surface area contributed by atoms with Gasteiger partial charge in [-0.15, -0.1) is 0 Å². The summed E-state index contributed by atoms with van der Waals surface area (Å²) in [5.41, 5.74) is 0.905. The van der Waals surface area contributed by atoms with Gasteiger partial charge in [-0.05, 0) is 49.6 Å². The van der Waals surface area contributed by atoms with E-state index in [9.17, 15) is 18.0 Å². The molecule has 208 valence electrons. The Hall–Kier alpha value is -2.98. The van der Waals surface area contributed by atoms with Gasteiger partial charge < -0.3 is 19.7 Å². The standard InChI is InChI=1S/C27H36ClN3O6S/c1-19(27(33)29-22-11-6-5-7-12-22)30(17-20-9-8-10-21(28)15-20)26(32)18-31(38(4,34)35)24-14-13-23(36-2)16-25(24)37-3/h8-10,13-16,19,22H,5-7,11-12,17-18H2,1-4H3,(H,29,33)/t19-/m1/s1. The molecule has 0 aromatic heterocycles. The number of methoxy groups -OCH3 is 2. The van der Waals surface area contributed by atoms with Crippen LogP contribution in [0.25, 0.3) is 0 Å². The molecule has 9 nitrogen and oxygen atoms in total. The van der Waals surface area contributed by atoms with Crippen LogP contribution in [0.2, 0.25) is 5.02 Å². The number of hydrogen-bond acceptors (Lipinski definition) is 6. The number of nitrogens with one attached hydrogen (secondary N) is 1. The van der Waals surface area contributed by atoms with Crippen molar-refractivity contribution in [1.29, 1.82) is 0 Å². The van der Waals surface area contributed by atoms with Crippen molar-refractivity contribution in [2.24, 2.45) is 0 Å². The molecular formula is C27H36ClN3O6S. The van der Waals surface area contributed by atoms with E-state index in [0.29, 0.717) is 10.8 Å². The molecule has 2 aromatic rings. The number of nitrogens with zero attached hydrogens (tertiary/aromatic N) is 2. The highest BCUT2D eigenvalue weighted by Gasteiger charge is 2.32. The van der Waals surface area contributed by atoms with Crippen LogP contribution in [-0.2, 0) is 26.2 Å². The number of amides is 2. The molecule has 2 aromatic carbocycles. The second-order valence-electron chi connectivity index (χ2n) is 9.48. The predicted octanol–water partition coefficient (Wildman–Crippen LogP) is 3.99. The van der Waals surface area contributed by atoms with E-state index in [-0.39, 0.29) is 29.9 Å². The smallest absolute Gasteiger partial charge is 0.244 e. The SMILES string of the molecule is COc1ccc(N(CC(=O)N(Cc2cccc(Cl)c2)[C@H](C)C(=O)NC2CCCCC2)S(C)(=O)=O)c(OC)c1. The van der Waals surface area contributed by atoms with Crippen molar-refractivity contribution >= 4 is 39.1 Å². The van der Waals surface area contributed by atoms with Gasteiger partial charge in [0.2, 0.25) is 21.8 Å². The third kappa shape index (κ3) is 7.77. The normalized spacial score (nSPS) is 14.9. The average molecular weight is 566 g/mol. The number of halogens is 1. The van der Waals surface area contributed by atoms with Crippen molar-refractivity contribution < 1.29 is 27.5 Å². The fourth-order valence-electron chi connectivity index (χ4n) is 4.57. The van der Waals surface area contributed by atoms with Gasteiger partial charge in [0.15, 0.2) is 0 Å². The predicted molar refractivity (Wildman–Crippen MR) is 148 cm³/mol. The second kappa shape index (κ2) is 13.2. The molecule has 2 amide bonds. The number of carbonyl (C=O) groups is 2. The lowest BCUT2D eigenvalue weighted by Crippen LogP contribution is -2.53. The van der Waals surface area contributed by atoms with E-state index >= 15 is 0 Å². The van der Waals surface area contributed by atoms with E-state index in [1.165, 1.54) is 25.2 Å². The van der Waals surface area contributed by atoms with E-state index in [1.54, 1.807) is 43.3 Å². The van der Waals surface area contributed by atoms with Gasteiger partial charge in [0.05, 0.1) is 26.2 Å². The number of ether oxygens (including phenoxy) is 2. The zero-order valence-corrected chi connectivity index (χ0v) is 23.8. The molecule has 1 fully saturated rings. The van der Waals surface area contributed by atoms with E-state index in [2.05, 4.69) is 5.32 Å². The maximum absolute atomic E-state index is 13.8. The van der Waals surface area contributed by atoms with Gasteiger partial charge in [-0.25, -0.2) is 8.42 Å². The maximum Gasteiger partial charge on any atom is 0.244 e. The zero-order valence-electron chi connectivity index (χ0n) is 22.3. The number of anilines is 1. The zero-order chi connectivity index (χ0) is 27.9. The Labute approximate surface area is 230 Å². The van der Waals surface area contributed by atoms with Crippen LogP contribution in [0.1, 0.15) is 44.6 Å². The average Bonchev–Trinajstić information content (AvgIpc) is 2.89. The minimum absolute atomic E-state index is 0.0675. The fraction of sp³-hybridized carbons (Fsp3) is 0.481. The van der Waals surface area contributed by atoms with Crippen LogP contribution in [0, 0.1) is 0 Å². The van der Waals surface area contributed by atoms with Crippen LogP contribution in [-0.4, -0.2) is 64.2 Å². The molecule has 1 N–H and O–H groups in total. The van der Waals surface area contributed by atoms with Crippen LogP contribution >= 0.6 is 11.6 Å². The van der Waals surface area contributed by atoms with Crippen molar-refractivity contribution in [1.82, 2.24) is 10.2 Å². The molecule has 1 aliphatic carbocycles. The molecule has 0 saturated heterocycles. The molecule has 1 saturated carbocycles. The molecule has 1 atom stereocenters. The molecule has 0 spiro atoms. The number of sulfonamides is 1. The largest absolute Gasteiger partial charge is 0.497 e. The first-order valence-electron chi connectivity index (χ1n) is 12.6. The van der Waals surface area contributed by atoms with Crippen LogP contribution in [0.5, 0.6) is 11.5 Å². The Morgan fingerprint density at radius 3 is 2.39 bits per heavy atom. The summed E-state index contributed by atoms with van der Waals surface area (Å²) in [6.07, 6.45) is 6.08. The van der Waals surface area contributed by atoms with Crippen LogP contribution in [0.15, 0.2) is 42.5 Å². The molecular weight excluding hydrogens is 530 g/mol. The van der Waals surface area contributed by atoms with Crippen molar-refractivity contribution in [3.05, 3.63) is 53.1 Å². The van der Waals surface area contributed by atoms with E-state index in [1.807, 2.05) is 0 Å². The van der Waals surface area contributed by atoms with Crippen LogP contribution < -0.4 is 19.1 Å². The third-order valence-electron chi connectivity index (χ3n) is 6.70. The topological polar surface area (TPSA) is 105 Å². The van der Waals surface area contributed by atoms with Crippen LogP contribution in [0.3, 0.4) is 0 Å². The summed E-state index contributed by atoms with van der Waals surface area (Å²) in [7, 11) is -1.01. The van der Waals surface area contributed by atoms with Gasteiger partial charge in [-0.2, -0.15) is 0 Å². The first-order chi connectivity index (χ1) is 18.0. The summed E-state index contributed by atoms with van der Waals surface area (Å²) >= 11 is 6.17. The summed E-state index contributed by atoms with van der Waals surface area (Å²) < 4.78 is 37.3. The van der Waals surface area contributed by atoms with Crippen molar-refractivity contribution in [2.75, 3.05) is 31.3 Å². The van der Waals surface area contributed by atoms with E-state index < -0.39 is 28.5 Å². The van der Waals surface area contributed by atoms with Gasteiger partial charge in [0.25, 0.3) is 0 Å². The maximum atomic E-state index is 13.8. The molecule has 3 rings (SSSR count). The van der Waals surface area contributed by atoms with Crippen molar-refractivity contribution in [3.63, 3.8) is 0 Å². The minimum Gasteiger partial charge on any atom is -0.497 e. The number of carbonyl (C=O) groups excluding carboxylic acids is 2. The highest BCUT2D eigenvalue weighted by atomic mass is 35.5. The molecule has 38 heavy (non-hydrogen) atoms. The minimum atomic E-state index is -3.90. The fourth-order valence-corrected chi connectivity index (χ4v) is 5.64. The van der Waals surface area contributed by atoms with Gasteiger partial charge in [-0.3, -0.25) is 13.9 Å². The Bertz CT molecular complexity index is 1230. The lowest BCUT2D eigenvalue weighted by atomic mass is 9.95. The molecule has 0 unspecified atom stereocenters. The Morgan fingerprint density at radius 2 is 1.79 bits per heavy atom. The lowest BCUT2D eigenvalue weighted by Gasteiger charge is -2.33. The van der Waals surface area contributed by atoms with Gasteiger partial charge in [0, 0.05) is 23.7 Å². The molecule has 0 radical (unpaired) electrons. The first kappa shape index (κ1) is 29.6. The summed E-state index contributed by atoms with van der Waals surface area (Å²) in [5, 5.41) is 3.57. The summed E-state index contributed by atoms with van der Waals surface area (Å²) in [6.45, 7) is 1.21. The van der Waals surface area contributed by atoms with Crippen molar-refractivity contribution in [3.8, 4) is 11.5 Å². The number of benzene rings is 2. The van der Waals surface area contributed by atoms with Gasteiger partial charge >= 0.3 is 0 Å². The summed E-state index contributed by atoms with van der Waals surface area (Å²) in [5.74, 6) is -0.118. The van der Waals surface area contributed by atoms with E-state index in [4.69, 9.17) is 21.1 Å². The Balaban J connectivity index is 1.92. The molecule has 0 aliphatic heterocycles. The molecule has 1 aliphatic rings. The molecule has 0 bridgehead atoms. The van der Waals surface area contributed by atoms with E-state index in [0.717, 1.165) is 48.2 Å². The lowest BCUT2D eigenvalue weighted by molar-refractivity contribution is -0.139. The number of rotatable bonds is 11. The Kier molecular flexibility index (Phi) is 10.3. The monoisotopic (exact) mass is 565 g/mol. The number of hydrogen-bond donors (Lipinski definition) is 1. The quantitative estimate of drug-likeness (QED) is 0.442. The molecule has 11 heteroatoms. The third-order valence-corrected chi connectivity index (χ3v) is 8.06. The summed E-state index contributed by atoms with van der Waals surface area (Å²) in [6, 6.07) is 10.9. The van der Waals surface area contributed by atoms with Gasteiger partial charge in [0.1, 0.15) is 24.1 Å². The Morgan fingerprint density at radius 1 is 1.08 bits per heavy atom. The first-order valence-corrected chi connectivity index (χ1v) is 14.8. The van der Waals surface area contributed by atoms with Gasteiger partial charge in [-0.1, -0.05) is 43.0 Å². The molecule has 0 heterocycles. The highest BCUT2D eigenvalue weighted by Crippen LogP contribution is 2.33.